The highest BCUT2D eigenvalue weighted by molar-refractivity contribution is 7.09. The van der Waals surface area contributed by atoms with E-state index in [9.17, 15) is 18.0 Å². The minimum atomic E-state index is -4.60. The van der Waals surface area contributed by atoms with Crippen molar-refractivity contribution in [3.8, 4) is 0 Å². The summed E-state index contributed by atoms with van der Waals surface area (Å²) in [7, 11) is 0. The summed E-state index contributed by atoms with van der Waals surface area (Å²) in [4.78, 5) is 17.8. The number of thiazole rings is 1. The number of nitrogens with zero attached hydrogens (tertiary/aromatic N) is 2. The van der Waals surface area contributed by atoms with Crippen molar-refractivity contribution in [3.63, 3.8) is 0 Å². The van der Waals surface area contributed by atoms with Gasteiger partial charge in [-0.05, 0) is 19.8 Å². The number of hydrogen-bond acceptors (Lipinski definition) is 4. The quantitative estimate of drug-likeness (QED) is 0.862. The molecule has 0 spiro atoms. The molecule has 112 valence electrons. The van der Waals surface area contributed by atoms with E-state index in [1.54, 1.807) is 4.90 Å². The lowest BCUT2D eigenvalue weighted by atomic mass is 10.1. The van der Waals surface area contributed by atoms with Crippen LogP contribution in [0.5, 0.6) is 0 Å². The summed E-state index contributed by atoms with van der Waals surface area (Å²) >= 11 is 1.47. The van der Waals surface area contributed by atoms with Crippen LogP contribution in [0.1, 0.15) is 23.5 Å². The van der Waals surface area contributed by atoms with Gasteiger partial charge in [0.15, 0.2) is 0 Å². The van der Waals surface area contributed by atoms with E-state index in [1.807, 2.05) is 12.3 Å². The Hall–Kier alpha value is -1.15. The zero-order valence-electron chi connectivity index (χ0n) is 10.9. The van der Waals surface area contributed by atoms with Gasteiger partial charge in [0.1, 0.15) is 0 Å². The first-order valence-corrected chi connectivity index (χ1v) is 7.15. The Bertz CT molecular complexity index is 468. The van der Waals surface area contributed by atoms with Gasteiger partial charge < -0.3 is 4.90 Å². The van der Waals surface area contributed by atoms with Gasteiger partial charge in [-0.25, -0.2) is 4.98 Å². The van der Waals surface area contributed by atoms with E-state index in [0.717, 1.165) is 5.01 Å². The molecule has 0 unspecified atom stereocenters. The Morgan fingerprint density at radius 2 is 2.15 bits per heavy atom. The van der Waals surface area contributed by atoms with Crippen molar-refractivity contribution in [2.24, 2.45) is 0 Å². The molecule has 0 radical (unpaired) electrons. The molecular weight excluding hydrogens is 293 g/mol. The number of amides is 1. The number of aromatic nitrogens is 1. The van der Waals surface area contributed by atoms with Crippen LogP contribution in [-0.4, -0.2) is 41.3 Å². The first-order chi connectivity index (χ1) is 9.33. The minimum absolute atomic E-state index is 0.0965. The number of carbonyl (C=O) groups excluding carboxylic acids is 1. The van der Waals surface area contributed by atoms with Gasteiger partial charge in [-0.3, -0.25) is 9.53 Å². The average Bonchev–Trinajstić information content (AvgIpc) is 2.73. The van der Waals surface area contributed by atoms with Crippen LogP contribution in [0.3, 0.4) is 0 Å². The fourth-order valence-corrected chi connectivity index (χ4v) is 2.78. The first kappa shape index (κ1) is 15.2. The molecule has 0 saturated carbocycles. The summed E-state index contributed by atoms with van der Waals surface area (Å²) in [6, 6.07) is 0. The summed E-state index contributed by atoms with van der Waals surface area (Å²) in [5.74, 6) is -0.0965. The van der Waals surface area contributed by atoms with Gasteiger partial charge in [0.25, 0.3) is 0 Å². The highest BCUT2D eigenvalue weighted by Crippen LogP contribution is 2.24. The van der Waals surface area contributed by atoms with Crippen molar-refractivity contribution < 1.29 is 22.7 Å². The molecule has 2 rings (SSSR count). The Labute approximate surface area is 118 Å². The number of likely N-dealkylation sites (tertiary alicyclic amines) is 1. The van der Waals surface area contributed by atoms with Gasteiger partial charge in [0.05, 0.1) is 23.2 Å². The van der Waals surface area contributed by atoms with Crippen molar-refractivity contribution in [2.75, 3.05) is 13.1 Å². The van der Waals surface area contributed by atoms with E-state index in [-0.39, 0.29) is 25.2 Å². The third kappa shape index (κ3) is 4.45. The van der Waals surface area contributed by atoms with Crippen molar-refractivity contribution in [1.29, 1.82) is 0 Å². The number of ether oxygens (including phenoxy) is 1. The maximum Gasteiger partial charge on any atom is 0.522 e. The van der Waals surface area contributed by atoms with E-state index >= 15 is 0 Å². The highest BCUT2D eigenvalue weighted by Gasteiger charge is 2.35. The lowest BCUT2D eigenvalue weighted by Gasteiger charge is -2.32. The molecule has 1 aromatic heterocycles. The Morgan fingerprint density at radius 1 is 1.50 bits per heavy atom. The molecule has 0 atom stereocenters. The van der Waals surface area contributed by atoms with E-state index in [0.29, 0.717) is 18.8 Å². The molecule has 1 aliphatic heterocycles. The molecule has 1 saturated heterocycles. The molecule has 20 heavy (non-hydrogen) atoms. The van der Waals surface area contributed by atoms with Crippen LogP contribution in [0.15, 0.2) is 5.38 Å². The molecule has 4 nitrogen and oxygen atoms in total. The van der Waals surface area contributed by atoms with Gasteiger partial charge in [-0.2, -0.15) is 0 Å². The maximum atomic E-state index is 12.1. The molecule has 0 aromatic carbocycles. The van der Waals surface area contributed by atoms with Gasteiger partial charge >= 0.3 is 6.36 Å². The monoisotopic (exact) mass is 308 g/mol. The van der Waals surface area contributed by atoms with E-state index < -0.39 is 12.5 Å². The fraction of sp³-hybridized carbons (Fsp3) is 0.667. The molecule has 0 aliphatic carbocycles. The average molecular weight is 308 g/mol. The molecule has 2 heterocycles. The number of alkyl halides is 3. The van der Waals surface area contributed by atoms with Gasteiger partial charge in [-0.15, -0.1) is 24.5 Å². The molecule has 1 aliphatic rings. The maximum absolute atomic E-state index is 12.1. The van der Waals surface area contributed by atoms with Crippen LogP contribution in [0, 0.1) is 6.92 Å². The van der Waals surface area contributed by atoms with Crippen LogP contribution in [0.25, 0.3) is 0 Å². The molecule has 0 N–H and O–H groups in total. The van der Waals surface area contributed by atoms with E-state index in [1.165, 1.54) is 11.3 Å². The molecular formula is C12H15F3N2O2S. The van der Waals surface area contributed by atoms with Crippen LogP contribution >= 0.6 is 11.3 Å². The van der Waals surface area contributed by atoms with E-state index in [4.69, 9.17) is 0 Å². The number of aryl methyl sites for hydroxylation is 1. The van der Waals surface area contributed by atoms with Crippen LogP contribution in [-0.2, 0) is 16.0 Å². The standard InChI is InChI=1S/C12H15F3N2O2S/c1-8-16-9(7-20-8)6-11(18)17-4-2-10(3-5-17)19-12(13,14)15/h7,10H,2-6H2,1H3. The van der Waals surface area contributed by atoms with Gasteiger partial charge in [-0.1, -0.05) is 0 Å². The van der Waals surface area contributed by atoms with Crippen LogP contribution < -0.4 is 0 Å². The predicted octanol–water partition coefficient (Wildman–Crippen LogP) is 2.52. The number of carbonyl (C=O) groups is 1. The zero-order valence-corrected chi connectivity index (χ0v) is 11.8. The largest absolute Gasteiger partial charge is 0.522 e. The molecule has 1 aromatic rings. The second-order valence-electron chi connectivity index (χ2n) is 4.68. The smallest absolute Gasteiger partial charge is 0.342 e. The Kier molecular flexibility index (Phi) is 4.64. The van der Waals surface area contributed by atoms with Crippen molar-refractivity contribution >= 4 is 17.2 Å². The summed E-state index contributed by atoms with van der Waals surface area (Å²) < 4.78 is 40.2. The second-order valence-corrected chi connectivity index (χ2v) is 5.74. The fourth-order valence-electron chi connectivity index (χ4n) is 2.17. The number of piperidine rings is 1. The number of halogens is 3. The zero-order chi connectivity index (χ0) is 14.8. The summed E-state index contributed by atoms with van der Waals surface area (Å²) in [5.41, 5.74) is 0.714. The molecule has 1 fully saturated rings. The van der Waals surface area contributed by atoms with Crippen molar-refractivity contribution in [2.45, 2.75) is 38.7 Å². The topological polar surface area (TPSA) is 42.4 Å². The van der Waals surface area contributed by atoms with E-state index in [2.05, 4.69) is 9.72 Å². The molecule has 1 amide bonds. The third-order valence-corrected chi connectivity index (χ3v) is 3.92. The third-order valence-electron chi connectivity index (χ3n) is 3.09. The van der Waals surface area contributed by atoms with Crippen molar-refractivity contribution in [3.05, 3.63) is 16.1 Å². The Balaban J connectivity index is 1.80. The highest BCUT2D eigenvalue weighted by atomic mass is 32.1. The number of rotatable bonds is 3. The van der Waals surface area contributed by atoms with Gasteiger partial charge in [0, 0.05) is 18.5 Å². The SMILES string of the molecule is Cc1nc(CC(=O)N2CCC(OC(F)(F)F)CC2)cs1. The normalized spacial score (nSPS) is 17.5. The van der Waals surface area contributed by atoms with Crippen LogP contribution in [0.2, 0.25) is 0 Å². The summed E-state index contributed by atoms with van der Waals surface area (Å²) in [5, 5.41) is 2.72. The molecule has 8 heteroatoms. The second kappa shape index (κ2) is 6.09. The lowest BCUT2D eigenvalue weighted by molar-refractivity contribution is -0.345. The predicted molar refractivity (Wildman–Crippen MR) is 67.3 cm³/mol. The minimum Gasteiger partial charge on any atom is -0.342 e. The lowest BCUT2D eigenvalue weighted by Crippen LogP contribution is -2.42. The summed E-state index contributed by atoms with van der Waals surface area (Å²) in [6.07, 6.45) is -4.83. The summed E-state index contributed by atoms with van der Waals surface area (Å²) in [6.45, 7) is 2.45. The first-order valence-electron chi connectivity index (χ1n) is 6.27. The van der Waals surface area contributed by atoms with Crippen LogP contribution in [0.4, 0.5) is 13.2 Å². The van der Waals surface area contributed by atoms with Gasteiger partial charge in [0.2, 0.25) is 5.91 Å². The molecule has 0 bridgehead atoms. The van der Waals surface area contributed by atoms with Crippen molar-refractivity contribution in [1.82, 2.24) is 9.88 Å². The number of hydrogen-bond donors (Lipinski definition) is 0. The Morgan fingerprint density at radius 3 is 2.65 bits per heavy atom.